The highest BCUT2D eigenvalue weighted by molar-refractivity contribution is 8.01. The van der Waals surface area contributed by atoms with Gasteiger partial charge in [0, 0.05) is 10.6 Å². The molecule has 0 spiro atoms. The highest BCUT2D eigenvalue weighted by Crippen LogP contribution is 2.32. The maximum absolute atomic E-state index is 12.0. The zero-order chi connectivity index (χ0) is 15.5. The van der Waals surface area contributed by atoms with Crippen molar-refractivity contribution < 1.29 is 4.79 Å². The van der Waals surface area contributed by atoms with Gasteiger partial charge >= 0.3 is 0 Å². The van der Waals surface area contributed by atoms with E-state index in [-0.39, 0.29) is 5.91 Å². The van der Waals surface area contributed by atoms with Crippen LogP contribution < -0.4 is 5.32 Å². The molecule has 2 aromatic heterocycles. The van der Waals surface area contributed by atoms with Gasteiger partial charge in [-0.2, -0.15) is 8.75 Å². The van der Waals surface area contributed by atoms with Crippen LogP contribution in [0.15, 0.2) is 33.6 Å². The lowest BCUT2D eigenvalue weighted by Crippen LogP contribution is -2.12. The topological polar surface area (TPSA) is 80.7 Å². The Morgan fingerprint density at radius 2 is 2.14 bits per heavy atom. The summed E-state index contributed by atoms with van der Waals surface area (Å²) in [4.78, 5) is 13.0. The van der Waals surface area contributed by atoms with Crippen LogP contribution in [-0.4, -0.2) is 24.9 Å². The van der Waals surface area contributed by atoms with Crippen molar-refractivity contribution >= 4 is 46.4 Å². The zero-order valence-electron chi connectivity index (χ0n) is 11.7. The van der Waals surface area contributed by atoms with Crippen LogP contribution in [0.1, 0.15) is 21.1 Å². The van der Waals surface area contributed by atoms with Gasteiger partial charge < -0.3 is 5.32 Å². The molecule has 6 nitrogen and oxygen atoms in total. The van der Waals surface area contributed by atoms with Crippen LogP contribution in [0, 0.1) is 13.8 Å². The van der Waals surface area contributed by atoms with Gasteiger partial charge in [0.2, 0.25) is 0 Å². The van der Waals surface area contributed by atoms with E-state index in [0.29, 0.717) is 5.69 Å². The molecule has 1 N–H and O–H groups in total. The largest absolute Gasteiger partial charge is 0.320 e. The fourth-order valence-electron chi connectivity index (χ4n) is 1.71. The van der Waals surface area contributed by atoms with E-state index in [9.17, 15) is 4.79 Å². The van der Waals surface area contributed by atoms with Gasteiger partial charge in [-0.3, -0.25) is 4.79 Å². The second-order valence-electron chi connectivity index (χ2n) is 4.41. The van der Waals surface area contributed by atoms with Crippen molar-refractivity contribution in [2.75, 3.05) is 5.32 Å². The maximum atomic E-state index is 12.0. The third-order valence-electron chi connectivity index (χ3n) is 2.75. The lowest BCUT2D eigenvalue weighted by Gasteiger charge is -2.08. The number of anilines is 1. The molecule has 0 aliphatic carbocycles. The van der Waals surface area contributed by atoms with Gasteiger partial charge in [-0.15, -0.1) is 10.2 Å². The van der Waals surface area contributed by atoms with Gasteiger partial charge in [-0.05, 0) is 37.6 Å². The van der Waals surface area contributed by atoms with E-state index < -0.39 is 0 Å². The van der Waals surface area contributed by atoms with Crippen molar-refractivity contribution in [3.05, 3.63) is 40.7 Å². The Bertz CT molecular complexity index is 800. The van der Waals surface area contributed by atoms with Gasteiger partial charge in [0.15, 0.2) is 10.0 Å². The van der Waals surface area contributed by atoms with E-state index in [1.54, 1.807) is 23.1 Å². The molecule has 3 aromatic rings. The second-order valence-corrected chi connectivity index (χ2v) is 7.47. The second kappa shape index (κ2) is 6.51. The van der Waals surface area contributed by atoms with E-state index in [2.05, 4.69) is 24.3 Å². The summed E-state index contributed by atoms with van der Waals surface area (Å²) in [5.41, 5.74) is 2.06. The van der Waals surface area contributed by atoms with Crippen molar-refractivity contribution in [1.29, 1.82) is 0 Å². The molecule has 0 fully saturated rings. The monoisotopic (exact) mass is 349 g/mol. The summed E-state index contributed by atoms with van der Waals surface area (Å²) in [5, 5.41) is 11.9. The molecule has 0 aliphatic rings. The molecule has 0 bridgehead atoms. The standard InChI is InChI=1S/C13H11N5OS3/c1-7-5-9(21-13-17-16-8(2)20-13)3-4-10(7)15-12(19)11-6-14-22-18-11/h3-6H,1-2H3,(H,15,19). The molecule has 0 radical (unpaired) electrons. The van der Waals surface area contributed by atoms with Crippen LogP contribution in [0.5, 0.6) is 0 Å². The number of carbonyl (C=O) groups is 1. The molecular weight excluding hydrogens is 338 g/mol. The Balaban J connectivity index is 1.73. The Labute approximate surface area is 139 Å². The summed E-state index contributed by atoms with van der Waals surface area (Å²) >= 11 is 4.13. The van der Waals surface area contributed by atoms with Crippen LogP contribution in [0.4, 0.5) is 5.69 Å². The number of nitrogens with zero attached hydrogens (tertiary/aromatic N) is 4. The molecule has 22 heavy (non-hydrogen) atoms. The Morgan fingerprint density at radius 3 is 2.77 bits per heavy atom. The van der Waals surface area contributed by atoms with E-state index in [1.807, 2.05) is 32.0 Å². The maximum Gasteiger partial charge on any atom is 0.277 e. The van der Waals surface area contributed by atoms with E-state index in [1.165, 1.54) is 6.20 Å². The minimum absolute atomic E-state index is 0.253. The normalized spacial score (nSPS) is 10.6. The fraction of sp³-hybridized carbons (Fsp3) is 0.154. The number of rotatable bonds is 4. The molecule has 1 aromatic carbocycles. The molecule has 0 saturated heterocycles. The SMILES string of the molecule is Cc1nnc(Sc2ccc(NC(=O)c3cnsn3)c(C)c2)s1. The first-order valence-corrected chi connectivity index (χ1v) is 8.65. The van der Waals surface area contributed by atoms with Gasteiger partial charge in [0.1, 0.15) is 5.01 Å². The highest BCUT2D eigenvalue weighted by atomic mass is 32.2. The Morgan fingerprint density at radius 1 is 1.27 bits per heavy atom. The van der Waals surface area contributed by atoms with Crippen molar-refractivity contribution in [3.8, 4) is 0 Å². The summed E-state index contributed by atoms with van der Waals surface area (Å²) in [7, 11) is 0. The smallest absolute Gasteiger partial charge is 0.277 e. The Kier molecular flexibility index (Phi) is 4.46. The fourth-order valence-corrected chi connectivity index (χ4v) is 4.01. The first-order valence-electron chi connectivity index (χ1n) is 6.29. The number of hydrogen-bond acceptors (Lipinski definition) is 8. The average Bonchev–Trinajstić information content (AvgIpc) is 3.13. The van der Waals surface area contributed by atoms with Crippen molar-refractivity contribution in [1.82, 2.24) is 18.9 Å². The number of hydrogen-bond donors (Lipinski definition) is 1. The van der Waals surface area contributed by atoms with Gasteiger partial charge in [0.25, 0.3) is 5.91 Å². The van der Waals surface area contributed by atoms with Crippen LogP contribution >= 0.6 is 34.8 Å². The van der Waals surface area contributed by atoms with Gasteiger partial charge in [-0.25, -0.2) is 0 Å². The molecular formula is C13H11N5OS3. The van der Waals surface area contributed by atoms with E-state index >= 15 is 0 Å². The van der Waals surface area contributed by atoms with E-state index in [0.717, 1.165) is 37.2 Å². The molecule has 0 aliphatic heterocycles. The van der Waals surface area contributed by atoms with Crippen LogP contribution in [-0.2, 0) is 0 Å². The minimum Gasteiger partial charge on any atom is -0.320 e. The summed E-state index contributed by atoms with van der Waals surface area (Å²) in [6, 6.07) is 5.84. The third-order valence-corrected chi connectivity index (χ3v) is 5.11. The summed E-state index contributed by atoms with van der Waals surface area (Å²) in [5.74, 6) is -0.253. The number of benzene rings is 1. The predicted octanol–water partition coefficient (Wildman–Crippen LogP) is 3.41. The zero-order valence-corrected chi connectivity index (χ0v) is 14.2. The average molecular weight is 349 g/mol. The molecule has 1 amide bonds. The van der Waals surface area contributed by atoms with Gasteiger partial charge in [0.05, 0.1) is 17.9 Å². The molecule has 9 heteroatoms. The minimum atomic E-state index is -0.253. The quantitative estimate of drug-likeness (QED) is 0.777. The lowest BCUT2D eigenvalue weighted by atomic mass is 10.2. The van der Waals surface area contributed by atoms with Crippen LogP contribution in [0.3, 0.4) is 0 Å². The highest BCUT2D eigenvalue weighted by Gasteiger charge is 2.11. The third kappa shape index (κ3) is 3.49. The van der Waals surface area contributed by atoms with Crippen LogP contribution in [0.2, 0.25) is 0 Å². The number of aryl methyl sites for hydroxylation is 2. The van der Waals surface area contributed by atoms with Crippen molar-refractivity contribution in [2.45, 2.75) is 23.1 Å². The number of carbonyl (C=O) groups excluding carboxylic acids is 1. The molecule has 2 heterocycles. The van der Waals surface area contributed by atoms with Crippen molar-refractivity contribution in [2.24, 2.45) is 0 Å². The number of amides is 1. The molecule has 0 unspecified atom stereocenters. The van der Waals surface area contributed by atoms with E-state index in [4.69, 9.17) is 0 Å². The molecule has 112 valence electrons. The van der Waals surface area contributed by atoms with Crippen LogP contribution in [0.25, 0.3) is 0 Å². The molecule has 0 saturated carbocycles. The summed E-state index contributed by atoms with van der Waals surface area (Å²) < 4.78 is 8.65. The Hall–Kier alpha value is -1.84. The molecule has 3 rings (SSSR count). The number of nitrogens with one attached hydrogen (secondary N) is 1. The van der Waals surface area contributed by atoms with Gasteiger partial charge in [-0.1, -0.05) is 23.1 Å². The first-order chi connectivity index (χ1) is 10.6. The summed E-state index contributed by atoms with van der Waals surface area (Å²) in [6.07, 6.45) is 1.46. The molecule has 0 atom stereocenters. The lowest BCUT2D eigenvalue weighted by molar-refractivity contribution is 0.102. The van der Waals surface area contributed by atoms with Crippen molar-refractivity contribution in [3.63, 3.8) is 0 Å². The first kappa shape index (κ1) is 15.1. The summed E-state index contributed by atoms with van der Waals surface area (Å²) in [6.45, 7) is 3.88. The predicted molar refractivity (Wildman–Crippen MR) is 87.8 cm³/mol. The number of aromatic nitrogens is 4.